The lowest BCUT2D eigenvalue weighted by atomic mass is 9.76. The van der Waals surface area contributed by atoms with Crippen molar-refractivity contribution in [2.75, 3.05) is 0 Å². The van der Waals surface area contributed by atoms with E-state index in [1.807, 2.05) is 30.3 Å². The number of ketones is 1. The Morgan fingerprint density at radius 2 is 2.05 bits per heavy atom. The third-order valence-electron chi connectivity index (χ3n) is 4.59. The molecule has 1 aromatic heterocycles. The van der Waals surface area contributed by atoms with Crippen molar-refractivity contribution in [3.63, 3.8) is 0 Å². The average molecular weight is 253 g/mol. The van der Waals surface area contributed by atoms with Crippen LogP contribution < -0.4 is 0 Å². The molecule has 2 nitrogen and oxygen atoms in total. The van der Waals surface area contributed by atoms with Crippen LogP contribution in [-0.4, -0.2) is 10.8 Å². The predicted molar refractivity (Wildman–Crippen MR) is 77.3 cm³/mol. The molecule has 1 saturated carbocycles. The van der Waals surface area contributed by atoms with Crippen LogP contribution in [0, 0.1) is 5.41 Å². The largest absolute Gasteiger partial charge is 0.294 e. The van der Waals surface area contributed by atoms with Crippen molar-refractivity contribution in [2.45, 2.75) is 39.0 Å². The van der Waals surface area contributed by atoms with E-state index in [9.17, 15) is 4.79 Å². The highest BCUT2D eigenvalue weighted by Crippen LogP contribution is 2.43. The van der Waals surface area contributed by atoms with Gasteiger partial charge in [0, 0.05) is 22.6 Å². The third kappa shape index (κ3) is 2.05. The van der Waals surface area contributed by atoms with Crippen molar-refractivity contribution in [3.05, 3.63) is 42.1 Å². The van der Waals surface area contributed by atoms with Gasteiger partial charge in [-0.3, -0.25) is 9.78 Å². The Kier molecular flexibility index (Phi) is 3.09. The van der Waals surface area contributed by atoms with E-state index in [0.29, 0.717) is 5.78 Å². The third-order valence-corrected chi connectivity index (χ3v) is 4.59. The number of Topliss-reactive ketones (excluding diaryl/α,β-unsaturated/α-hetero) is 1. The maximum atomic E-state index is 12.8. The Bertz CT molecular complexity index is 611. The lowest BCUT2D eigenvalue weighted by Gasteiger charge is -2.25. The summed E-state index contributed by atoms with van der Waals surface area (Å²) < 4.78 is 0. The standard InChI is InChI=1S/C17H19NO/c1-2-17(9-3-4-10-17)16(19)14-8-7-13-6-5-11-18-15(13)12-14/h5-8,11-12H,2-4,9-10H2,1H3. The molecule has 1 fully saturated rings. The number of carbonyl (C=O) groups excluding carboxylic acids is 1. The maximum absolute atomic E-state index is 12.8. The van der Waals surface area contributed by atoms with Gasteiger partial charge in [0.25, 0.3) is 0 Å². The zero-order chi connectivity index (χ0) is 13.3. The van der Waals surface area contributed by atoms with Gasteiger partial charge in [0.15, 0.2) is 5.78 Å². The first kappa shape index (κ1) is 12.3. The predicted octanol–water partition coefficient (Wildman–Crippen LogP) is 4.39. The van der Waals surface area contributed by atoms with Gasteiger partial charge in [0.1, 0.15) is 0 Å². The van der Waals surface area contributed by atoms with Crippen molar-refractivity contribution in [3.8, 4) is 0 Å². The molecule has 0 saturated heterocycles. The number of nitrogens with zero attached hydrogens (tertiary/aromatic N) is 1. The second-order valence-electron chi connectivity index (χ2n) is 5.58. The molecular weight excluding hydrogens is 234 g/mol. The second-order valence-corrected chi connectivity index (χ2v) is 5.58. The molecule has 1 heterocycles. The number of pyridine rings is 1. The highest BCUT2D eigenvalue weighted by Gasteiger charge is 2.39. The summed E-state index contributed by atoms with van der Waals surface area (Å²) in [5.41, 5.74) is 1.63. The van der Waals surface area contributed by atoms with E-state index in [2.05, 4.69) is 11.9 Å². The fraction of sp³-hybridized carbons (Fsp3) is 0.412. The molecule has 1 aliphatic rings. The van der Waals surface area contributed by atoms with Crippen LogP contribution >= 0.6 is 0 Å². The van der Waals surface area contributed by atoms with E-state index < -0.39 is 0 Å². The number of rotatable bonds is 3. The lowest BCUT2D eigenvalue weighted by molar-refractivity contribution is 0.0791. The highest BCUT2D eigenvalue weighted by atomic mass is 16.1. The van der Waals surface area contributed by atoms with Crippen LogP contribution in [-0.2, 0) is 0 Å². The zero-order valence-corrected chi connectivity index (χ0v) is 11.4. The molecule has 0 bridgehead atoms. The first-order valence-electron chi connectivity index (χ1n) is 7.15. The van der Waals surface area contributed by atoms with Gasteiger partial charge in [0.2, 0.25) is 0 Å². The summed E-state index contributed by atoms with van der Waals surface area (Å²) in [6, 6.07) is 9.87. The van der Waals surface area contributed by atoms with Crippen molar-refractivity contribution in [1.82, 2.24) is 4.98 Å². The number of aromatic nitrogens is 1. The summed E-state index contributed by atoms with van der Waals surface area (Å²) in [4.78, 5) is 17.2. The first-order valence-corrected chi connectivity index (χ1v) is 7.15. The zero-order valence-electron chi connectivity index (χ0n) is 11.4. The Hall–Kier alpha value is -1.70. The molecule has 2 heteroatoms. The number of hydrogen-bond donors (Lipinski definition) is 0. The number of carbonyl (C=O) groups is 1. The van der Waals surface area contributed by atoms with E-state index in [-0.39, 0.29) is 5.41 Å². The molecular formula is C17H19NO. The lowest BCUT2D eigenvalue weighted by Crippen LogP contribution is -2.27. The van der Waals surface area contributed by atoms with E-state index in [0.717, 1.165) is 35.7 Å². The quantitative estimate of drug-likeness (QED) is 0.759. The number of benzene rings is 1. The molecule has 0 atom stereocenters. The van der Waals surface area contributed by atoms with E-state index in [1.165, 1.54) is 12.8 Å². The first-order chi connectivity index (χ1) is 9.25. The van der Waals surface area contributed by atoms with Crippen molar-refractivity contribution in [1.29, 1.82) is 0 Å². The minimum absolute atomic E-state index is 0.109. The van der Waals surface area contributed by atoms with Crippen LogP contribution in [0.3, 0.4) is 0 Å². The van der Waals surface area contributed by atoms with Crippen LogP contribution in [0.4, 0.5) is 0 Å². The minimum atomic E-state index is -0.109. The molecule has 19 heavy (non-hydrogen) atoms. The number of hydrogen-bond acceptors (Lipinski definition) is 2. The molecule has 1 aromatic carbocycles. The smallest absolute Gasteiger partial charge is 0.169 e. The summed E-state index contributed by atoms with van der Waals surface area (Å²) in [5, 5.41) is 1.09. The van der Waals surface area contributed by atoms with Crippen LogP contribution in [0.15, 0.2) is 36.5 Å². The molecule has 0 unspecified atom stereocenters. The Morgan fingerprint density at radius 3 is 2.79 bits per heavy atom. The molecule has 0 amide bonds. The van der Waals surface area contributed by atoms with E-state index in [4.69, 9.17) is 0 Å². The molecule has 0 radical (unpaired) electrons. The summed E-state index contributed by atoms with van der Waals surface area (Å²) in [5.74, 6) is 0.319. The molecule has 0 N–H and O–H groups in total. The fourth-order valence-corrected chi connectivity index (χ4v) is 3.31. The Labute approximate surface area is 113 Å². The molecule has 0 spiro atoms. The van der Waals surface area contributed by atoms with Gasteiger partial charge < -0.3 is 0 Å². The Balaban J connectivity index is 2.01. The fourth-order valence-electron chi connectivity index (χ4n) is 3.31. The molecule has 1 aliphatic carbocycles. The van der Waals surface area contributed by atoms with Crippen LogP contribution in [0.25, 0.3) is 10.9 Å². The van der Waals surface area contributed by atoms with Gasteiger partial charge in [-0.25, -0.2) is 0 Å². The van der Waals surface area contributed by atoms with Gasteiger partial charge in [-0.05, 0) is 31.4 Å². The number of fused-ring (bicyclic) bond motifs is 1. The molecule has 2 aromatic rings. The van der Waals surface area contributed by atoms with E-state index >= 15 is 0 Å². The van der Waals surface area contributed by atoms with Gasteiger partial charge in [-0.15, -0.1) is 0 Å². The normalized spacial score (nSPS) is 17.7. The second kappa shape index (κ2) is 4.76. The highest BCUT2D eigenvalue weighted by molar-refractivity contribution is 6.03. The Morgan fingerprint density at radius 1 is 1.26 bits per heavy atom. The van der Waals surface area contributed by atoms with Crippen LogP contribution in [0.5, 0.6) is 0 Å². The monoisotopic (exact) mass is 253 g/mol. The maximum Gasteiger partial charge on any atom is 0.169 e. The summed E-state index contributed by atoms with van der Waals surface area (Å²) in [7, 11) is 0. The van der Waals surface area contributed by atoms with Crippen LogP contribution in [0.2, 0.25) is 0 Å². The van der Waals surface area contributed by atoms with Gasteiger partial charge in [-0.2, -0.15) is 0 Å². The van der Waals surface area contributed by atoms with Gasteiger partial charge in [-0.1, -0.05) is 38.0 Å². The summed E-state index contributed by atoms with van der Waals surface area (Å²) >= 11 is 0. The molecule has 98 valence electrons. The molecule has 3 rings (SSSR count). The summed E-state index contributed by atoms with van der Waals surface area (Å²) in [6.45, 7) is 2.14. The van der Waals surface area contributed by atoms with Gasteiger partial charge >= 0.3 is 0 Å². The van der Waals surface area contributed by atoms with Crippen LogP contribution in [0.1, 0.15) is 49.4 Å². The molecule has 0 aliphatic heterocycles. The van der Waals surface area contributed by atoms with Crippen molar-refractivity contribution in [2.24, 2.45) is 5.41 Å². The minimum Gasteiger partial charge on any atom is -0.294 e. The van der Waals surface area contributed by atoms with Crippen molar-refractivity contribution >= 4 is 16.7 Å². The summed E-state index contributed by atoms with van der Waals surface area (Å²) in [6.07, 6.45) is 7.19. The topological polar surface area (TPSA) is 30.0 Å². The average Bonchev–Trinajstić information content (AvgIpc) is 2.96. The van der Waals surface area contributed by atoms with Gasteiger partial charge in [0.05, 0.1) is 5.52 Å². The van der Waals surface area contributed by atoms with E-state index in [1.54, 1.807) is 6.20 Å². The van der Waals surface area contributed by atoms with Crippen molar-refractivity contribution < 1.29 is 4.79 Å². The SMILES string of the molecule is CCC1(C(=O)c2ccc3cccnc3c2)CCCC1.